The lowest BCUT2D eigenvalue weighted by Gasteiger charge is -2.22. The van der Waals surface area contributed by atoms with Gasteiger partial charge in [0.15, 0.2) is 0 Å². The number of carbonyl (C=O) groups excluding carboxylic acids is 1. The van der Waals surface area contributed by atoms with Crippen LogP contribution in [0.25, 0.3) is 0 Å². The van der Waals surface area contributed by atoms with Crippen molar-refractivity contribution >= 4 is 21.6 Å². The Morgan fingerprint density at radius 1 is 1.04 bits per heavy atom. The Morgan fingerprint density at radius 2 is 1.64 bits per heavy atom. The number of hydrogen-bond acceptors (Lipinski definition) is 5. The van der Waals surface area contributed by atoms with Gasteiger partial charge in [-0.2, -0.15) is 9.57 Å². The topological polar surface area (TPSA) is 102 Å². The van der Waals surface area contributed by atoms with E-state index in [9.17, 15) is 18.5 Å². The van der Waals surface area contributed by atoms with Crippen molar-refractivity contribution in [3.63, 3.8) is 0 Å². The number of carbonyl (C=O) groups is 1. The summed E-state index contributed by atoms with van der Waals surface area (Å²) in [7, 11) is -3.47. The van der Waals surface area contributed by atoms with Gasteiger partial charge >= 0.3 is 0 Å². The van der Waals surface area contributed by atoms with Gasteiger partial charge < -0.3 is 10.6 Å². The standard InChI is InChI=1S/C20H28N4O3S/c21-16-20(11-3-4-12-20)23-19(25)15-22-17-7-9-18(10-8-17)28(26,27)24-13-5-1-2-6-14-24/h7-10,22H,1-6,11-15H2,(H,23,25). The molecule has 2 fully saturated rings. The van der Waals surface area contributed by atoms with Crippen LogP contribution in [0.1, 0.15) is 51.4 Å². The lowest BCUT2D eigenvalue weighted by molar-refractivity contribution is -0.120. The van der Waals surface area contributed by atoms with Gasteiger partial charge in [-0.15, -0.1) is 0 Å². The predicted molar refractivity (Wildman–Crippen MR) is 107 cm³/mol. The Morgan fingerprint density at radius 3 is 2.21 bits per heavy atom. The van der Waals surface area contributed by atoms with Crippen LogP contribution < -0.4 is 10.6 Å². The molecular weight excluding hydrogens is 376 g/mol. The van der Waals surface area contributed by atoms with Gasteiger partial charge in [-0.1, -0.05) is 12.8 Å². The van der Waals surface area contributed by atoms with Gasteiger partial charge in [-0.25, -0.2) is 8.42 Å². The molecule has 0 spiro atoms. The summed E-state index contributed by atoms with van der Waals surface area (Å²) in [5, 5.41) is 15.2. The van der Waals surface area contributed by atoms with Crippen LogP contribution in [0.2, 0.25) is 0 Å². The first-order valence-corrected chi connectivity index (χ1v) is 11.5. The van der Waals surface area contributed by atoms with Crippen molar-refractivity contribution in [2.75, 3.05) is 25.0 Å². The number of anilines is 1. The van der Waals surface area contributed by atoms with E-state index in [1.807, 2.05) is 0 Å². The fourth-order valence-electron chi connectivity index (χ4n) is 3.91. The van der Waals surface area contributed by atoms with Gasteiger partial charge in [0.2, 0.25) is 15.9 Å². The Hall–Kier alpha value is -2.11. The monoisotopic (exact) mass is 404 g/mol. The molecular formula is C20H28N4O3S. The van der Waals surface area contributed by atoms with Crippen LogP contribution in [-0.2, 0) is 14.8 Å². The van der Waals surface area contributed by atoms with Gasteiger partial charge in [-0.3, -0.25) is 4.79 Å². The second kappa shape index (κ2) is 8.93. The summed E-state index contributed by atoms with van der Waals surface area (Å²) in [5.41, 5.74) is -0.0634. The van der Waals surface area contributed by atoms with Crippen molar-refractivity contribution in [3.05, 3.63) is 24.3 Å². The van der Waals surface area contributed by atoms with Gasteiger partial charge in [0, 0.05) is 18.8 Å². The SMILES string of the molecule is N#CC1(NC(=O)CNc2ccc(S(=O)(=O)N3CCCCCC3)cc2)CCCC1. The average molecular weight is 405 g/mol. The Kier molecular flexibility index (Phi) is 6.57. The molecule has 0 unspecified atom stereocenters. The zero-order valence-electron chi connectivity index (χ0n) is 16.1. The normalized spacial score (nSPS) is 20.1. The number of amides is 1. The van der Waals surface area contributed by atoms with Crippen molar-refractivity contribution in [1.82, 2.24) is 9.62 Å². The van der Waals surface area contributed by atoms with Crippen molar-refractivity contribution in [2.45, 2.75) is 61.8 Å². The summed E-state index contributed by atoms with van der Waals surface area (Å²) >= 11 is 0. The van der Waals surface area contributed by atoms with Crippen molar-refractivity contribution in [2.24, 2.45) is 0 Å². The Labute approximate surface area is 167 Å². The Bertz CT molecular complexity index is 816. The highest BCUT2D eigenvalue weighted by Crippen LogP contribution is 2.28. The molecule has 1 aromatic carbocycles. The van der Waals surface area contributed by atoms with E-state index in [2.05, 4.69) is 16.7 Å². The molecule has 1 aliphatic heterocycles. The number of nitrogens with one attached hydrogen (secondary N) is 2. The summed E-state index contributed by atoms with van der Waals surface area (Å²) in [6.45, 7) is 1.19. The van der Waals surface area contributed by atoms with Crippen LogP contribution in [0.4, 0.5) is 5.69 Å². The van der Waals surface area contributed by atoms with Crippen LogP contribution in [-0.4, -0.2) is 43.8 Å². The molecule has 1 heterocycles. The summed E-state index contributed by atoms with van der Waals surface area (Å²) in [4.78, 5) is 12.5. The first-order valence-electron chi connectivity index (χ1n) is 10.0. The van der Waals surface area contributed by atoms with E-state index >= 15 is 0 Å². The summed E-state index contributed by atoms with van der Waals surface area (Å²) in [6.07, 6.45) is 7.24. The van der Waals surface area contributed by atoms with Crippen LogP contribution in [0.15, 0.2) is 29.2 Å². The highest BCUT2D eigenvalue weighted by Gasteiger charge is 2.35. The van der Waals surface area contributed by atoms with E-state index in [1.165, 1.54) is 0 Å². The highest BCUT2D eigenvalue weighted by molar-refractivity contribution is 7.89. The zero-order valence-corrected chi connectivity index (χ0v) is 16.9. The minimum atomic E-state index is -3.47. The third-order valence-corrected chi connectivity index (χ3v) is 7.47. The van der Waals surface area contributed by atoms with E-state index < -0.39 is 15.6 Å². The molecule has 8 heteroatoms. The molecule has 1 aromatic rings. The highest BCUT2D eigenvalue weighted by atomic mass is 32.2. The molecule has 28 heavy (non-hydrogen) atoms. The van der Waals surface area contributed by atoms with Crippen molar-refractivity contribution < 1.29 is 13.2 Å². The number of hydrogen-bond donors (Lipinski definition) is 2. The number of sulfonamides is 1. The molecule has 0 bridgehead atoms. The smallest absolute Gasteiger partial charge is 0.243 e. The number of nitrogens with zero attached hydrogens (tertiary/aromatic N) is 2. The average Bonchev–Trinajstić information content (AvgIpc) is 2.98. The third kappa shape index (κ3) is 4.83. The van der Waals surface area contributed by atoms with Crippen LogP contribution >= 0.6 is 0 Å². The molecule has 2 N–H and O–H groups in total. The molecule has 1 saturated carbocycles. The Balaban J connectivity index is 1.57. The van der Waals surface area contributed by atoms with Crippen LogP contribution in [0, 0.1) is 11.3 Å². The first kappa shape index (κ1) is 20.6. The van der Waals surface area contributed by atoms with E-state index in [0.717, 1.165) is 38.5 Å². The summed E-state index contributed by atoms with van der Waals surface area (Å²) < 4.78 is 27.1. The molecule has 1 aliphatic carbocycles. The minimum Gasteiger partial charge on any atom is -0.376 e. The number of nitriles is 1. The first-order chi connectivity index (χ1) is 13.5. The maximum Gasteiger partial charge on any atom is 0.243 e. The summed E-state index contributed by atoms with van der Waals surface area (Å²) in [5.74, 6) is -0.232. The molecule has 7 nitrogen and oxygen atoms in total. The van der Waals surface area contributed by atoms with E-state index in [-0.39, 0.29) is 17.3 Å². The quantitative estimate of drug-likeness (QED) is 0.759. The fraction of sp³-hybridized carbons (Fsp3) is 0.600. The molecule has 2 aliphatic rings. The van der Waals surface area contributed by atoms with Gasteiger partial charge in [0.05, 0.1) is 17.5 Å². The molecule has 0 atom stereocenters. The van der Waals surface area contributed by atoms with Gasteiger partial charge in [-0.05, 0) is 62.8 Å². The molecule has 3 rings (SSSR count). The van der Waals surface area contributed by atoms with Gasteiger partial charge in [0.25, 0.3) is 0 Å². The second-order valence-electron chi connectivity index (χ2n) is 7.65. The fourth-order valence-corrected chi connectivity index (χ4v) is 5.43. The van der Waals surface area contributed by atoms with E-state index in [4.69, 9.17) is 0 Å². The summed E-state index contributed by atoms with van der Waals surface area (Å²) in [6, 6.07) is 8.74. The lowest BCUT2D eigenvalue weighted by atomic mass is 10.00. The molecule has 0 radical (unpaired) electrons. The minimum absolute atomic E-state index is 0.0433. The van der Waals surface area contributed by atoms with Crippen molar-refractivity contribution in [3.8, 4) is 6.07 Å². The lowest BCUT2D eigenvalue weighted by Crippen LogP contribution is -2.47. The maximum atomic E-state index is 12.8. The van der Waals surface area contributed by atoms with Crippen LogP contribution in [0.3, 0.4) is 0 Å². The van der Waals surface area contributed by atoms with Gasteiger partial charge in [0.1, 0.15) is 5.54 Å². The van der Waals surface area contributed by atoms with E-state index in [1.54, 1.807) is 28.6 Å². The van der Waals surface area contributed by atoms with Crippen molar-refractivity contribution in [1.29, 1.82) is 5.26 Å². The second-order valence-corrected chi connectivity index (χ2v) is 9.58. The largest absolute Gasteiger partial charge is 0.376 e. The molecule has 1 saturated heterocycles. The third-order valence-electron chi connectivity index (χ3n) is 5.56. The molecule has 152 valence electrons. The molecule has 0 aromatic heterocycles. The maximum absolute atomic E-state index is 12.8. The van der Waals surface area contributed by atoms with E-state index in [0.29, 0.717) is 31.6 Å². The zero-order chi connectivity index (χ0) is 20.0. The number of rotatable bonds is 6. The number of benzene rings is 1. The predicted octanol–water partition coefficient (Wildman–Crippen LogP) is 2.62. The molecule has 1 amide bonds. The van der Waals surface area contributed by atoms with Crippen LogP contribution in [0.5, 0.6) is 0 Å².